The first-order chi connectivity index (χ1) is 5.31. The van der Waals surface area contributed by atoms with E-state index in [0.717, 1.165) is 0 Å². The number of aliphatic hydroxyl groups excluding tert-OH is 1. The molecule has 1 N–H and O–H groups in total. The molecule has 0 heterocycles. The highest BCUT2D eigenvalue weighted by molar-refractivity contribution is 5.83. The summed E-state index contributed by atoms with van der Waals surface area (Å²) in [5.41, 5.74) is 0. The first-order valence-corrected chi connectivity index (χ1v) is 2.95. The minimum atomic E-state index is -0.607. The quantitative estimate of drug-likeness (QED) is 0.277. The van der Waals surface area contributed by atoms with E-state index in [1.165, 1.54) is 18.3 Å². The highest BCUT2D eigenvalue weighted by Gasteiger charge is 1.89. The van der Waals surface area contributed by atoms with E-state index in [1.807, 2.05) is 6.92 Å². The van der Waals surface area contributed by atoms with Crippen LogP contribution in [0.1, 0.15) is 6.92 Å². The monoisotopic (exact) mass is 152 g/mol. The van der Waals surface area contributed by atoms with Gasteiger partial charge in [0, 0.05) is 6.08 Å². The smallest absolute Gasteiger partial charge is 0.344 e. The van der Waals surface area contributed by atoms with Crippen LogP contribution < -0.4 is 0 Å². The molecule has 0 saturated carbocycles. The van der Waals surface area contributed by atoms with Crippen LogP contribution in [0.25, 0.3) is 0 Å². The normalized spacial score (nSPS) is 9.55. The van der Waals surface area contributed by atoms with E-state index < -0.39 is 5.97 Å². The predicted octanol–water partition coefficient (Wildman–Crippen LogP) is 0.953. The van der Waals surface area contributed by atoms with Gasteiger partial charge in [0.2, 0.25) is 0 Å². The van der Waals surface area contributed by atoms with E-state index in [1.54, 1.807) is 18.3 Å². The Balaban J connectivity index is 3.74. The van der Waals surface area contributed by atoms with Crippen molar-refractivity contribution in [3.8, 4) is 12.2 Å². The van der Waals surface area contributed by atoms with E-state index in [0.29, 0.717) is 0 Å². The minimum absolute atomic E-state index is 0.607. The Bertz CT molecular complexity index is 227. The van der Waals surface area contributed by atoms with Crippen molar-refractivity contribution in [3.63, 3.8) is 0 Å². The van der Waals surface area contributed by atoms with Crippen LogP contribution in [0.5, 0.6) is 0 Å². The van der Waals surface area contributed by atoms with Gasteiger partial charge in [-0.15, -0.1) is 0 Å². The van der Waals surface area contributed by atoms with Crippen LogP contribution in [-0.4, -0.2) is 11.1 Å². The van der Waals surface area contributed by atoms with E-state index >= 15 is 0 Å². The van der Waals surface area contributed by atoms with Crippen molar-refractivity contribution in [1.82, 2.24) is 0 Å². The molecular weight excluding hydrogens is 144 g/mol. The number of aliphatic hydroxyl groups is 1. The second-order valence-corrected chi connectivity index (χ2v) is 1.52. The summed E-state index contributed by atoms with van der Waals surface area (Å²) in [6.45, 7) is 1.82. The van der Waals surface area contributed by atoms with Crippen LogP contribution in [0.3, 0.4) is 0 Å². The lowest BCUT2D eigenvalue weighted by molar-refractivity contribution is -0.131. The Kier molecular flexibility index (Phi) is 5.44. The second-order valence-electron chi connectivity index (χ2n) is 1.52. The fraction of sp³-hybridized carbons (Fsp3) is 0.125. The van der Waals surface area contributed by atoms with E-state index in [4.69, 9.17) is 5.11 Å². The third kappa shape index (κ3) is 6.19. The average Bonchev–Trinajstić information content (AvgIpc) is 2.01. The summed E-state index contributed by atoms with van der Waals surface area (Å²) >= 11 is 0. The van der Waals surface area contributed by atoms with Gasteiger partial charge in [-0.25, -0.2) is 4.79 Å². The summed E-state index contributed by atoms with van der Waals surface area (Å²) in [4.78, 5) is 10.5. The molecule has 0 aliphatic rings. The SMILES string of the molecule is C/C=C/C=C/C(=O)OC#CO. The van der Waals surface area contributed by atoms with Gasteiger partial charge < -0.3 is 9.84 Å². The molecule has 0 atom stereocenters. The highest BCUT2D eigenvalue weighted by atomic mass is 16.5. The van der Waals surface area contributed by atoms with E-state index in [-0.39, 0.29) is 0 Å². The van der Waals surface area contributed by atoms with Crippen LogP contribution in [-0.2, 0) is 9.53 Å². The van der Waals surface area contributed by atoms with Crippen molar-refractivity contribution < 1.29 is 14.6 Å². The molecule has 0 fully saturated rings. The number of esters is 1. The fourth-order valence-corrected chi connectivity index (χ4v) is 0.352. The number of ether oxygens (including phenoxy) is 1. The Morgan fingerprint density at radius 3 is 2.82 bits per heavy atom. The molecule has 0 spiro atoms. The van der Waals surface area contributed by atoms with Crippen LogP contribution in [0, 0.1) is 12.2 Å². The zero-order valence-electron chi connectivity index (χ0n) is 6.07. The van der Waals surface area contributed by atoms with Gasteiger partial charge in [-0.05, 0) is 6.92 Å². The molecule has 0 aliphatic carbocycles. The van der Waals surface area contributed by atoms with Gasteiger partial charge in [-0.3, -0.25) is 0 Å². The van der Waals surface area contributed by atoms with Gasteiger partial charge in [0.1, 0.15) is 0 Å². The first kappa shape index (κ1) is 9.31. The number of hydrogen-bond acceptors (Lipinski definition) is 3. The molecule has 0 saturated heterocycles. The summed E-state index contributed by atoms with van der Waals surface area (Å²) in [6, 6.07) is 0. The minimum Gasteiger partial charge on any atom is -0.460 e. The van der Waals surface area contributed by atoms with E-state index in [2.05, 4.69) is 4.74 Å². The largest absolute Gasteiger partial charge is 0.460 e. The lowest BCUT2D eigenvalue weighted by Crippen LogP contribution is -1.92. The van der Waals surface area contributed by atoms with Crippen molar-refractivity contribution in [2.24, 2.45) is 0 Å². The molecule has 0 amide bonds. The van der Waals surface area contributed by atoms with Crippen molar-refractivity contribution in [2.75, 3.05) is 0 Å². The molecule has 3 nitrogen and oxygen atoms in total. The molecule has 0 aliphatic heterocycles. The molecule has 0 radical (unpaired) electrons. The van der Waals surface area contributed by atoms with E-state index in [9.17, 15) is 4.79 Å². The number of carbonyl (C=O) groups excluding carboxylic acids is 1. The zero-order chi connectivity index (χ0) is 8.53. The summed E-state index contributed by atoms with van der Waals surface area (Å²) in [7, 11) is 0. The molecule has 0 aromatic heterocycles. The van der Waals surface area contributed by atoms with Gasteiger partial charge in [0.15, 0.2) is 12.2 Å². The maximum absolute atomic E-state index is 10.5. The second kappa shape index (κ2) is 6.43. The van der Waals surface area contributed by atoms with Gasteiger partial charge in [0.25, 0.3) is 0 Å². The summed E-state index contributed by atoms with van der Waals surface area (Å²) in [6.07, 6.45) is 9.35. The molecule has 58 valence electrons. The predicted molar refractivity (Wildman–Crippen MR) is 39.8 cm³/mol. The molecule has 0 bridgehead atoms. The Morgan fingerprint density at radius 2 is 2.27 bits per heavy atom. The van der Waals surface area contributed by atoms with Crippen LogP contribution in [0.4, 0.5) is 0 Å². The van der Waals surface area contributed by atoms with Gasteiger partial charge >= 0.3 is 5.97 Å². The fourth-order valence-electron chi connectivity index (χ4n) is 0.352. The topological polar surface area (TPSA) is 46.5 Å². The number of allylic oxidation sites excluding steroid dienone is 3. The van der Waals surface area contributed by atoms with Crippen LogP contribution >= 0.6 is 0 Å². The maximum atomic E-state index is 10.5. The van der Waals surface area contributed by atoms with Crippen LogP contribution in [0.15, 0.2) is 24.3 Å². The zero-order valence-corrected chi connectivity index (χ0v) is 6.07. The van der Waals surface area contributed by atoms with Crippen LogP contribution in [0.2, 0.25) is 0 Å². The molecule has 11 heavy (non-hydrogen) atoms. The molecule has 3 heteroatoms. The maximum Gasteiger partial charge on any atom is 0.344 e. The lowest BCUT2D eigenvalue weighted by atomic mass is 10.4. The van der Waals surface area contributed by atoms with Crippen molar-refractivity contribution in [2.45, 2.75) is 6.92 Å². The molecular formula is C8H8O3. The average molecular weight is 152 g/mol. The van der Waals surface area contributed by atoms with Crippen molar-refractivity contribution in [1.29, 1.82) is 0 Å². The number of rotatable bonds is 2. The van der Waals surface area contributed by atoms with Gasteiger partial charge in [-0.1, -0.05) is 18.2 Å². The Hall–Kier alpha value is -1.69. The number of hydrogen-bond donors (Lipinski definition) is 1. The Labute approximate surface area is 65.0 Å². The standard InChI is InChI=1S/C8H8O3/c1-2-3-4-5-8(10)11-7-6-9/h2-5,9H,1H3/b3-2+,5-4+. The molecule has 0 aromatic rings. The lowest BCUT2D eigenvalue weighted by Gasteiger charge is -1.83. The molecule has 0 unspecified atom stereocenters. The third-order valence-electron chi connectivity index (χ3n) is 0.733. The summed E-state index contributed by atoms with van der Waals surface area (Å²) in [5, 5.41) is 7.91. The van der Waals surface area contributed by atoms with Gasteiger partial charge in [0.05, 0.1) is 0 Å². The van der Waals surface area contributed by atoms with Gasteiger partial charge in [-0.2, -0.15) is 0 Å². The van der Waals surface area contributed by atoms with Crippen molar-refractivity contribution in [3.05, 3.63) is 24.3 Å². The molecule has 0 aromatic carbocycles. The number of carbonyl (C=O) groups is 1. The van der Waals surface area contributed by atoms with Crippen molar-refractivity contribution >= 4 is 5.97 Å². The summed E-state index contributed by atoms with van der Waals surface area (Å²) in [5.74, 6) is -0.607. The molecule has 0 rings (SSSR count). The highest BCUT2D eigenvalue weighted by Crippen LogP contribution is 1.80. The third-order valence-corrected chi connectivity index (χ3v) is 0.733. The Morgan fingerprint density at radius 1 is 1.55 bits per heavy atom. The first-order valence-electron chi connectivity index (χ1n) is 2.95. The summed E-state index contributed by atoms with van der Waals surface area (Å²) < 4.78 is 4.17.